The van der Waals surface area contributed by atoms with E-state index in [0.717, 1.165) is 31.0 Å². The molecule has 0 saturated carbocycles. The van der Waals surface area contributed by atoms with Gasteiger partial charge >= 0.3 is 0 Å². The smallest absolute Gasteiger partial charge is 0.253 e. The molecule has 1 aromatic carbocycles. The fourth-order valence-corrected chi connectivity index (χ4v) is 5.58. The van der Waals surface area contributed by atoms with Gasteiger partial charge in [0.15, 0.2) is 0 Å². The molecule has 2 heterocycles. The molecular formula is C16H23N3O3S2. The highest BCUT2D eigenvalue weighted by atomic mass is 32.2. The summed E-state index contributed by atoms with van der Waals surface area (Å²) in [6.07, 6.45) is 0.912. The number of carbonyl (C=O) groups excluding carboxylic acids is 1. The van der Waals surface area contributed by atoms with Crippen LogP contribution in [0.2, 0.25) is 0 Å². The predicted octanol–water partition coefficient (Wildman–Crippen LogP) is 0.860. The van der Waals surface area contributed by atoms with Gasteiger partial charge in [0.25, 0.3) is 5.91 Å². The van der Waals surface area contributed by atoms with Crippen molar-refractivity contribution in [2.45, 2.75) is 11.3 Å². The standard InChI is InChI=1S/C16H23N3O3S2/c20-16(18-7-2-5-17-6-8-18)14-3-1-4-15(13-14)24(21,22)19-9-11-23-12-10-19/h1,3-4,13,17H,2,5-12H2. The van der Waals surface area contributed by atoms with Crippen molar-refractivity contribution in [1.82, 2.24) is 14.5 Å². The van der Waals surface area contributed by atoms with Crippen LogP contribution in [0.5, 0.6) is 0 Å². The zero-order valence-corrected chi connectivity index (χ0v) is 15.2. The molecule has 8 heteroatoms. The summed E-state index contributed by atoms with van der Waals surface area (Å²) in [5.74, 6) is 1.54. The highest BCUT2D eigenvalue weighted by Crippen LogP contribution is 2.21. The third-order valence-electron chi connectivity index (χ3n) is 4.32. The van der Waals surface area contributed by atoms with E-state index < -0.39 is 10.0 Å². The van der Waals surface area contributed by atoms with Crippen molar-refractivity contribution in [2.24, 2.45) is 0 Å². The van der Waals surface area contributed by atoms with E-state index in [1.54, 1.807) is 34.9 Å². The minimum atomic E-state index is -3.52. The van der Waals surface area contributed by atoms with Crippen LogP contribution in [-0.4, -0.2) is 74.3 Å². The maximum atomic E-state index is 12.8. The molecule has 2 aliphatic heterocycles. The first-order valence-corrected chi connectivity index (χ1v) is 10.9. The lowest BCUT2D eigenvalue weighted by atomic mass is 10.2. The molecule has 24 heavy (non-hydrogen) atoms. The molecule has 0 aromatic heterocycles. The minimum absolute atomic E-state index is 0.0926. The van der Waals surface area contributed by atoms with Gasteiger partial charge in [0.2, 0.25) is 10.0 Å². The Morgan fingerprint density at radius 1 is 1.08 bits per heavy atom. The Kier molecular flexibility index (Phi) is 5.80. The molecule has 1 aromatic rings. The summed E-state index contributed by atoms with van der Waals surface area (Å²) < 4.78 is 27.1. The van der Waals surface area contributed by atoms with E-state index in [1.165, 1.54) is 10.4 Å². The van der Waals surface area contributed by atoms with Crippen molar-refractivity contribution in [3.05, 3.63) is 29.8 Å². The van der Waals surface area contributed by atoms with Gasteiger partial charge in [-0.05, 0) is 31.2 Å². The monoisotopic (exact) mass is 369 g/mol. The Balaban J connectivity index is 1.81. The normalized spacial score (nSPS) is 20.6. The van der Waals surface area contributed by atoms with Gasteiger partial charge in [0.05, 0.1) is 4.90 Å². The Hall–Kier alpha value is -1.09. The van der Waals surface area contributed by atoms with Gasteiger partial charge in [-0.25, -0.2) is 8.42 Å². The van der Waals surface area contributed by atoms with Crippen molar-refractivity contribution in [3.8, 4) is 0 Å². The number of sulfonamides is 1. The Bertz CT molecular complexity index is 680. The highest BCUT2D eigenvalue weighted by Gasteiger charge is 2.27. The summed E-state index contributed by atoms with van der Waals surface area (Å²) in [6.45, 7) is 4.09. The van der Waals surface area contributed by atoms with E-state index in [9.17, 15) is 13.2 Å². The van der Waals surface area contributed by atoms with E-state index in [4.69, 9.17) is 0 Å². The molecule has 1 N–H and O–H groups in total. The third-order valence-corrected chi connectivity index (χ3v) is 7.15. The highest BCUT2D eigenvalue weighted by molar-refractivity contribution is 7.99. The molecule has 0 unspecified atom stereocenters. The number of thioether (sulfide) groups is 1. The molecule has 6 nitrogen and oxygen atoms in total. The van der Waals surface area contributed by atoms with E-state index in [1.807, 2.05) is 0 Å². The van der Waals surface area contributed by atoms with E-state index in [0.29, 0.717) is 31.7 Å². The van der Waals surface area contributed by atoms with Crippen molar-refractivity contribution in [1.29, 1.82) is 0 Å². The summed E-state index contributed by atoms with van der Waals surface area (Å²) in [6, 6.07) is 6.47. The van der Waals surface area contributed by atoms with Crippen molar-refractivity contribution < 1.29 is 13.2 Å². The molecule has 0 bridgehead atoms. The second-order valence-corrected chi connectivity index (χ2v) is 9.10. The van der Waals surface area contributed by atoms with Crippen LogP contribution in [0.4, 0.5) is 0 Å². The Labute approximate surface area is 147 Å². The molecule has 0 spiro atoms. The first-order chi connectivity index (χ1) is 11.6. The first kappa shape index (κ1) is 17.7. The van der Waals surface area contributed by atoms with Gasteiger partial charge in [-0.15, -0.1) is 0 Å². The largest absolute Gasteiger partial charge is 0.337 e. The number of nitrogens with zero attached hydrogens (tertiary/aromatic N) is 2. The fraction of sp³-hybridized carbons (Fsp3) is 0.562. The van der Waals surface area contributed by atoms with Gasteiger partial charge in [0, 0.05) is 49.8 Å². The van der Waals surface area contributed by atoms with Crippen LogP contribution in [0.25, 0.3) is 0 Å². The van der Waals surface area contributed by atoms with Crippen LogP contribution in [0.1, 0.15) is 16.8 Å². The molecule has 2 fully saturated rings. The van der Waals surface area contributed by atoms with Crippen LogP contribution in [0.3, 0.4) is 0 Å². The molecule has 1 amide bonds. The molecule has 0 atom stereocenters. The van der Waals surface area contributed by atoms with Crippen molar-refractivity contribution >= 4 is 27.7 Å². The summed E-state index contributed by atoms with van der Waals surface area (Å²) in [5, 5.41) is 3.26. The number of carbonyl (C=O) groups is 1. The number of benzene rings is 1. The van der Waals surface area contributed by atoms with Gasteiger partial charge in [0.1, 0.15) is 0 Å². The summed E-state index contributed by atoms with van der Waals surface area (Å²) >= 11 is 1.77. The zero-order chi connectivity index (χ0) is 17.0. The molecule has 132 valence electrons. The summed E-state index contributed by atoms with van der Waals surface area (Å²) in [5.41, 5.74) is 0.448. The zero-order valence-electron chi connectivity index (χ0n) is 13.6. The predicted molar refractivity (Wildman–Crippen MR) is 95.9 cm³/mol. The fourth-order valence-electron chi connectivity index (χ4n) is 2.96. The third kappa shape index (κ3) is 3.93. The molecule has 2 saturated heterocycles. The van der Waals surface area contributed by atoms with Crippen molar-refractivity contribution in [3.63, 3.8) is 0 Å². The number of nitrogens with one attached hydrogen (secondary N) is 1. The van der Waals surface area contributed by atoms with Crippen LogP contribution < -0.4 is 5.32 Å². The Morgan fingerprint density at radius 2 is 1.88 bits per heavy atom. The van der Waals surface area contributed by atoms with Crippen molar-refractivity contribution in [2.75, 3.05) is 50.8 Å². The summed E-state index contributed by atoms with van der Waals surface area (Å²) in [7, 11) is -3.52. The number of hydrogen-bond donors (Lipinski definition) is 1. The van der Waals surface area contributed by atoms with Crippen LogP contribution in [0, 0.1) is 0 Å². The second kappa shape index (κ2) is 7.86. The van der Waals surface area contributed by atoms with Gasteiger partial charge in [-0.3, -0.25) is 4.79 Å². The lowest BCUT2D eigenvalue weighted by Gasteiger charge is -2.26. The van der Waals surface area contributed by atoms with E-state index in [2.05, 4.69) is 5.32 Å². The molecular weight excluding hydrogens is 346 g/mol. The lowest BCUT2D eigenvalue weighted by molar-refractivity contribution is 0.0766. The topological polar surface area (TPSA) is 69.7 Å². The molecule has 0 radical (unpaired) electrons. The van der Waals surface area contributed by atoms with Crippen LogP contribution >= 0.6 is 11.8 Å². The van der Waals surface area contributed by atoms with Crippen LogP contribution in [-0.2, 0) is 10.0 Å². The van der Waals surface area contributed by atoms with Gasteiger partial charge in [-0.1, -0.05) is 6.07 Å². The SMILES string of the molecule is O=C(c1cccc(S(=O)(=O)N2CCSCC2)c1)N1CCCNCC1. The van der Waals surface area contributed by atoms with E-state index in [-0.39, 0.29) is 10.8 Å². The lowest BCUT2D eigenvalue weighted by Crippen LogP contribution is -2.38. The second-order valence-electron chi connectivity index (χ2n) is 5.94. The maximum Gasteiger partial charge on any atom is 0.253 e. The molecule has 2 aliphatic rings. The molecule has 0 aliphatic carbocycles. The van der Waals surface area contributed by atoms with E-state index >= 15 is 0 Å². The van der Waals surface area contributed by atoms with Gasteiger partial charge in [-0.2, -0.15) is 16.1 Å². The quantitative estimate of drug-likeness (QED) is 0.856. The molecule has 3 rings (SSSR count). The Morgan fingerprint density at radius 3 is 2.67 bits per heavy atom. The maximum absolute atomic E-state index is 12.8. The van der Waals surface area contributed by atoms with Crippen LogP contribution in [0.15, 0.2) is 29.2 Å². The average molecular weight is 370 g/mol. The average Bonchev–Trinajstić information content (AvgIpc) is 2.91. The van der Waals surface area contributed by atoms with Gasteiger partial charge < -0.3 is 10.2 Å². The summed E-state index contributed by atoms with van der Waals surface area (Å²) in [4.78, 5) is 14.7. The number of amides is 1. The minimum Gasteiger partial charge on any atom is -0.337 e. The first-order valence-electron chi connectivity index (χ1n) is 8.27. The number of hydrogen-bond acceptors (Lipinski definition) is 5. The number of rotatable bonds is 3.